The van der Waals surface area contributed by atoms with Crippen molar-refractivity contribution in [2.45, 2.75) is 140 Å². The number of fused-ring (bicyclic) bond motifs is 5. The van der Waals surface area contributed by atoms with Gasteiger partial charge < -0.3 is 60.6 Å². The van der Waals surface area contributed by atoms with Crippen molar-refractivity contribution in [2.24, 2.45) is 0 Å². The molecule has 4 aliphatic heterocycles. The first-order valence-electron chi connectivity index (χ1n) is 25.8. The number of hydrogen-bond donors (Lipinski definition) is 9. The Morgan fingerprint density at radius 2 is 1.71 bits per heavy atom. The van der Waals surface area contributed by atoms with Crippen LogP contribution in [0.4, 0.5) is 17.6 Å². The minimum atomic E-state index is -5.16. The summed E-state index contributed by atoms with van der Waals surface area (Å²) in [6.45, 7) is 13.8. The molecule has 0 bridgehead atoms. The summed E-state index contributed by atoms with van der Waals surface area (Å²) < 4.78 is 29.4. The van der Waals surface area contributed by atoms with Crippen molar-refractivity contribution in [1.82, 2.24) is 29.7 Å². The van der Waals surface area contributed by atoms with Crippen LogP contribution in [0.2, 0.25) is 0 Å². The quantitative estimate of drug-likeness (QED) is 0.0441. The number of nitrogen functional groups attached to an aromatic ring is 1. The summed E-state index contributed by atoms with van der Waals surface area (Å²) in [5, 5.41) is 33.4. The molecular formula is C53H69N10O11P. The summed E-state index contributed by atoms with van der Waals surface area (Å²) >= 11 is 0. The third kappa shape index (κ3) is 11.5. The molecule has 10 N–H and O–H groups in total. The van der Waals surface area contributed by atoms with E-state index in [4.69, 9.17) is 20.1 Å². The van der Waals surface area contributed by atoms with Crippen LogP contribution in [0.15, 0.2) is 53.3 Å². The molecule has 22 heteroatoms. The standard InChI is InChI=1S/C53H69N10O11P/c1-28-25-52(3,4)60-36-23-38-34(21-32(28)36)42(35-22-33-29(2)26-53(5,6)61-37(33)24-39(35)73-38)30-15-10-11-16-31(30)48(68)62(7)20-14-17-41(64)55-18-12-8-9-13-19-56-51-57-43-46(58-50(54)59-47(43)67)63(51)49-45(66)44(65)40(74-49)27-72-75(69,70)71/h10-11,15-16,21-24,28-29,40,44-45,49,60,65-66H,8-9,12-14,17-20,25-27H2,1-7H3,(H,55,64)(H,56,57)(H2,69,70,71)(H3,54,58,59,67)/t28?,29?,40-,44-,45-,49-/m1/s1. The fraction of sp³-hybridized carbons (Fsp3) is 0.509. The average Bonchev–Trinajstić information content (AvgIpc) is 3.83. The maximum atomic E-state index is 14.5. The zero-order valence-electron chi connectivity index (χ0n) is 43.5. The zero-order valence-corrected chi connectivity index (χ0v) is 44.4. The van der Waals surface area contributed by atoms with Gasteiger partial charge in [-0.25, -0.2) is 9.98 Å². The summed E-state index contributed by atoms with van der Waals surface area (Å²) in [4.78, 5) is 76.7. The SMILES string of the molecule is CC1CC(C)(C)Nc2cc3c(cc21)C(c1ccccc1C(=O)N(C)CCCC(=O)NCCCCCCNc1nc2c(=O)[nH]c(N)nc2n1[C@@H]1O[C@H](COP(=O)([O-])O)[C@@H](O)[C@H]1O)=c1cc2c(cc1O3)=[NH+]C(C)(C)CC2C. The predicted molar refractivity (Wildman–Crippen MR) is 279 cm³/mol. The van der Waals surface area contributed by atoms with E-state index in [2.05, 4.69) is 106 Å². The van der Waals surface area contributed by atoms with E-state index in [0.29, 0.717) is 56.3 Å². The van der Waals surface area contributed by atoms with E-state index in [1.165, 1.54) is 15.7 Å². The number of aromatic amines is 1. The lowest BCUT2D eigenvalue weighted by atomic mass is 9.79. The highest BCUT2D eigenvalue weighted by molar-refractivity contribution is 7.44. The number of anilines is 3. The number of aliphatic hydroxyl groups excluding tert-OH is 2. The Hall–Kier alpha value is -6.19. The highest BCUT2D eigenvalue weighted by atomic mass is 31.2. The van der Waals surface area contributed by atoms with Gasteiger partial charge in [0, 0.05) is 84.3 Å². The van der Waals surface area contributed by atoms with Gasteiger partial charge in [0.25, 0.3) is 19.3 Å². The molecule has 3 aromatic carbocycles. The minimum Gasteiger partial charge on any atom is -0.756 e. The third-order valence-electron chi connectivity index (χ3n) is 14.6. The normalized spacial score (nSPS) is 22.8. The number of carbonyl (C=O) groups excluding carboxylic acids is 2. The molecule has 0 aliphatic carbocycles. The van der Waals surface area contributed by atoms with Crippen molar-refractivity contribution in [1.29, 1.82) is 0 Å². The van der Waals surface area contributed by atoms with Gasteiger partial charge in [-0.2, -0.15) is 4.98 Å². The minimum absolute atomic E-state index is 0.0556. The number of unbranched alkanes of at least 4 members (excludes halogenated alkanes) is 3. The number of carbonyl (C=O) groups is 2. The highest BCUT2D eigenvalue weighted by Crippen LogP contribution is 2.47. The fourth-order valence-electron chi connectivity index (χ4n) is 11.3. The second kappa shape index (κ2) is 21.1. The van der Waals surface area contributed by atoms with Gasteiger partial charge in [-0.3, -0.25) is 28.5 Å². The predicted octanol–water partition coefficient (Wildman–Crippen LogP) is 2.48. The molecule has 1 saturated heterocycles. The van der Waals surface area contributed by atoms with E-state index in [9.17, 15) is 34.1 Å². The molecule has 402 valence electrons. The molecule has 7 atom stereocenters. The van der Waals surface area contributed by atoms with E-state index < -0.39 is 44.5 Å². The molecule has 9 rings (SSSR count). The molecule has 4 aliphatic rings. The Morgan fingerprint density at radius 3 is 2.47 bits per heavy atom. The number of hydrogen-bond acceptors (Lipinski definition) is 15. The summed E-state index contributed by atoms with van der Waals surface area (Å²) in [5.41, 5.74) is 11.6. The van der Waals surface area contributed by atoms with Crippen molar-refractivity contribution in [2.75, 3.05) is 49.7 Å². The summed E-state index contributed by atoms with van der Waals surface area (Å²) in [6.07, 6.45) is -0.448. The van der Waals surface area contributed by atoms with Crippen LogP contribution in [0, 0.1) is 0 Å². The first-order valence-corrected chi connectivity index (χ1v) is 27.3. The Balaban J connectivity index is 0.801. The molecule has 1 fully saturated rings. The van der Waals surface area contributed by atoms with Crippen molar-refractivity contribution < 1.29 is 53.1 Å². The van der Waals surface area contributed by atoms with Crippen LogP contribution in [0.3, 0.4) is 0 Å². The summed E-state index contributed by atoms with van der Waals surface area (Å²) in [6, 6.07) is 16.5. The Kier molecular flexibility index (Phi) is 15.1. The molecule has 3 unspecified atom stereocenters. The molecule has 0 saturated carbocycles. The van der Waals surface area contributed by atoms with Gasteiger partial charge in [0.1, 0.15) is 29.8 Å². The number of aromatic nitrogens is 4. The Morgan fingerprint density at radius 1 is 0.973 bits per heavy atom. The number of aliphatic hydroxyl groups is 2. The van der Waals surface area contributed by atoms with E-state index in [0.717, 1.165) is 70.1 Å². The third-order valence-corrected chi connectivity index (χ3v) is 15.1. The van der Waals surface area contributed by atoms with Gasteiger partial charge in [-0.1, -0.05) is 44.9 Å². The van der Waals surface area contributed by atoms with Crippen molar-refractivity contribution in [3.63, 3.8) is 0 Å². The van der Waals surface area contributed by atoms with E-state index in [-0.39, 0.29) is 52.4 Å². The molecule has 0 radical (unpaired) electrons. The molecule has 21 nitrogen and oxygen atoms in total. The molecule has 5 aromatic rings. The number of benzene rings is 3. The van der Waals surface area contributed by atoms with Gasteiger partial charge in [-0.15, -0.1) is 0 Å². The van der Waals surface area contributed by atoms with E-state index in [1.54, 1.807) is 11.9 Å². The number of nitrogens with zero attached hydrogens (tertiary/aromatic N) is 4. The average molecular weight is 1050 g/mol. The maximum Gasteiger partial charge on any atom is 0.280 e. The van der Waals surface area contributed by atoms with E-state index in [1.807, 2.05) is 24.3 Å². The lowest BCUT2D eigenvalue weighted by Gasteiger charge is -2.38. The molecule has 75 heavy (non-hydrogen) atoms. The number of ether oxygens (including phenoxy) is 2. The number of imidazole rings is 1. The van der Waals surface area contributed by atoms with Crippen LogP contribution in [0.5, 0.6) is 11.5 Å². The van der Waals surface area contributed by atoms with E-state index >= 15 is 0 Å². The maximum absolute atomic E-state index is 14.5. The Labute approximate surface area is 434 Å². The van der Waals surface area contributed by atoms with Crippen molar-refractivity contribution >= 4 is 54.0 Å². The van der Waals surface area contributed by atoms with Crippen molar-refractivity contribution in [3.8, 4) is 11.5 Å². The van der Waals surface area contributed by atoms with Gasteiger partial charge in [0.15, 0.2) is 22.9 Å². The number of rotatable bonds is 18. The fourth-order valence-corrected chi connectivity index (χ4v) is 11.7. The lowest BCUT2D eigenvalue weighted by Crippen LogP contribution is -2.90. The largest absolute Gasteiger partial charge is 0.756 e. The van der Waals surface area contributed by atoms with Gasteiger partial charge >= 0.3 is 0 Å². The van der Waals surface area contributed by atoms with Crippen LogP contribution in [0.25, 0.3) is 16.7 Å². The summed E-state index contributed by atoms with van der Waals surface area (Å²) in [5.74, 6) is 1.67. The molecule has 6 heterocycles. The van der Waals surface area contributed by atoms with Crippen LogP contribution in [0.1, 0.15) is 144 Å². The monoisotopic (exact) mass is 1050 g/mol. The van der Waals surface area contributed by atoms with Crippen LogP contribution < -0.4 is 52.4 Å². The first kappa shape index (κ1) is 53.6. The second-order valence-electron chi connectivity index (χ2n) is 21.9. The molecular weight excluding hydrogens is 984 g/mol. The van der Waals surface area contributed by atoms with Gasteiger partial charge in [-0.05, 0) is 94.5 Å². The molecule has 2 aromatic heterocycles. The first-order chi connectivity index (χ1) is 35.5. The molecule has 0 spiro atoms. The van der Waals surface area contributed by atoms with Crippen LogP contribution in [-0.4, -0.2) is 114 Å². The van der Waals surface area contributed by atoms with Crippen molar-refractivity contribution in [3.05, 3.63) is 97.3 Å². The second-order valence-corrected chi connectivity index (χ2v) is 23.1. The topological polar surface area (TPSA) is 306 Å². The number of amides is 2. The Bertz CT molecular complexity index is 3260. The van der Waals surface area contributed by atoms with Gasteiger partial charge in [0.2, 0.25) is 23.2 Å². The highest BCUT2D eigenvalue weighted by Gasteiger charge is 2.46. The number of H-pyrrole nitrogens is 1. The smallest absolute Gasteiger partial charge is 0.280 e. The summed E-state index contributed by atoms with van der Waals surface area (Å²) in [7, 11) is -3.38. The zero-order chi connectivity index (χ0) is 53.7. The number of phosphoric ester groups is 1. The van der Waals surface area contributed by atoms with Crippen LogP contribution in [-0.2, 0) is 18.6 Å². The van der Waals surface area contributed by atoms with Gasteiger partial charge in [0.05, 0.1) is 12.7 Å². The number of nitrogens with two attached hydrogens (primary N) is 1. The molecule has 2 amide bonds. The number of phosphoric acid groups is 1. The number of nitrogens with one attached hydrogen (secondary N) is 5. The lowest BCUT2D eigenvalue weighted by molar-refractivity contribution is -0.588. The van der Waals surface area contributed by atoms with Crippen LogP contribution >= 0.6 is 7.82 Å².